The van der Waals surface area contributed by atoms with Gasteiger partial charge in [0.2, 0.25) is 5.91 Å². The fourth-order valence-corrected chi connectivity index (χ4v) is 3.88. The van der Waals surface area contributed by atoms with E-state index >= 15 is 0 Å². The Morgan fingerprint density at radius 1 is 1.19 bits per heavy atom. The molecule has 0 aliphatic heterocycles. The molecule has 0 unspecified atom stereocenters. The van der Waals surface area contributed by atoms with Crippen molar-refractivity contribution in [1.29, 1.82) is 0 Å². The second-order valence-electron chi connectivity index (χ2n) is 7.07. The van der Waals surface area contributed by atoms with Crippen molar-refractivity contribution in [3.8, 4) is 0 Å². The van der Waals surface area contributed by atoms with Gasteiger partial charge in [0.25, 0.3) is 0 Å². The fourth-order valence-electron chi connectivity index (χ4n) is 3.88. The molecule has 3 aromatic rings. The van der Waals surface area contributed by atoms with Crippen LogP contribution in [-0.4, -0.2) is 40.7 Å². The maximum atomic E-state index is 12.6. The first kappa shape index (κ1) is 16.6. The number of tetrazole rings is 1. The van der Waals surface area contributed by atoms with Crippen LogP contribution in [0.4, 0.5) is 0 Å². The highest BCUT2D eigenvalue weighted by Crippen LogP contribution is 2.40. The highest BCUT2D eigenvalue weighted by molar-refractivity contribution is 5.76. The largest absolute Gasteiger partial charge is 0.349 e. The van der Waals surface area contributed by atoms with Gasteiger partial charge in [0.15, 0.2) is 11.5 Å². The van der Waals surface area contributed by atoms with Crippen LogP contribution in [0.15, 0.2) is 30.7 Å². The van der Waals surface area contributed by atoms with Crippen molar-refractivity contribution in [1.82, 2.24) is 40.1 Å². The molecule has 0 atom stereocenters. The Balaban J connectivity index is 1.41. The maximum Gasteiger partial charge on any atom is 0.220 e. The molecular formula is C17H22N8O. The van der Waals surface area contributed by atoms with Gasteiger partial charge in [0.1, 0.15) is 6.33 Å². The summed E-state index contributed by atoms with van der Waals surface area (Å²) in [7, 11) is 0. The van der Waals surface area contributed by atoms with Crippen molar-refractivity contribution in [2.24, 2.45) is 5.41 Å². The molecule has 1 aliphatic carbocycles. The number of nitrogens with zero attached hydrogens (tertiary/aromatic N) is 7. The molecule has 0 bridgehead atoms. The van der Waals surface area contributed by atoms with E-state index in [9.17, 15) is 4.79 Å². The second-order valence-corrected chi connectivity index (χ2v) is 7.07. The molecule has 26 heavy (non-hydrogen) atoms. The van der Waals surface area contributed by atoms with Gasteiger partial charge in [-0.3, -0.25) is 9.20 Å². The summed E-state index contributed by atoms with van der Waals surface area (Å²) >= 11 is 0. The summed E-state index contributed by atoms with van der Waals surface area (Å²) in [4.78, 5) is 12.6. The third kappa shape index (κ3) is 3.56. The lowest BCUT2D eigenvalue weighted by Gasteiger charge is -2.36. The normalized spacial score (nSPS) is 16.6. The molecule has 1 saturated carbocycles. The van der Waals surface area contributed by atoms with Crippen LogP contribution in [0.25, 0.3) is 5.65 Å². The molecule has 1 aliphatic rings. The van der Waals surface area contributed by atoms with Gasteiger partial charge in [-0.15, -0.1) is 15.3 Å². The molecule has 0 radical (unpaired) electrons. The van der Waals surface area contributed by atoms with E-state index in [1.54, 1.807) is 11.0 Å². The van der Waals surface area contributed by atoms with Gasteiger partial charge in [-0.05, 0) is 40.8 Å². The first-order valence-corrected chi connectivity index (χ1v) is 9.00. The van der Waals surface area contributed by atoms with E-state index in [0.29, 0.717) is 19.5 Å². The third-order valence-electron chi connectivity index (χ3n) is 5.17. The summed E-state index contributed by atoms with van der Waals surface area (Å²) in [5, 5.41) is 22.7. The smallest absolute Gasteiger partial charge is 0.220 e. The van der Waals surface area contributed by atoms with Crippen molar-refractivity contribution in [2.45, 2.75) is 51.6 Å². The van der Waals surface area contributed by atoms with Crippen molar-refractivity contribution >= 4 is 11.6 Å². The Labute approximate surface area is 150 Å². The van der Waals surface area contributed by atoms with Gasteiger partial charge in [-0.1, -0.05) is 25.3 Å². The Morgan fingerprint density at radius 3 is 2.88 bits per heavy atom. The number of nitrogens with one attached hydrogen (secondary N) is 1. The topological polar surface area (TPSA) is 103 Å². The lowest BCUT2D eigenvalue weighted by Crippen LogP contribution is -2.36. The molecule has 3 heterocycles. The zero-order valence-corrected chi connectivity index (χ0v) is 14.6. The Bertz CT molecular complexity index is 866. The summed E-state index contributed by atoms with van der Waals surface area (Å²) in [5.74, 6) is 0.764. The van der Waals surface area contributed by atoms with Crippen LogP contribution < -0.4 is 5.32 Å². The number of carbonyl (C=O) groups is 1. The van der Waals surface area contributed by atoms with Gasteiger partial charge in [0.05, 0.1) is 13.1 Å². The van der Waals surface area contributed by atoms with Crippen molar-refractivity contribution < 1.29 is 4.79 Å². The minimum Gasteiger partial charge on any atom is -0.349 e. The standard InChI is InChI=1S/C17H22N8O/c26-16(18-11-15-21-20-14-6-2-5-9-25(14)15)10-17(7-3-1-4-8-17)12-24-13-19-22-23-24/h2,5-6,9,13H,1,3-4,7-8,10-12H2,(H,18,26). The van der Waals surface area contributed by atoms with E-state index in [2.05, 4.69) is 31.0 Å². The van der Waals surface area contributed by atoms with Crippen LogP contribution in [0.1, 0.15) is 44.3 Å². The van der Waals surface area contributed by atoms with E-state index in [1.165, 1.54) is 6.42 Å². The highest BCUT2D eigenvalue weighted by Gasteiger charge is 2.35. The van der Waals surface area contributed by atoms with Crippen molar-refractivity contribution in [2.75, 3.05) is 0 Å². The summed E-state index contributed by atoms with van der Waals surface area (Å²) in [6, 6.07) is 5.73. The molecule has 136 valence electrons. The molecular weight excluding hydrogens is 332 g/mol. The quantitative estimate of drug-likeness (QED) is 0.717. The van der Waals surface area contributed by atoms with Crippen LogP contribution in [0, 0.1) is 5.41 Å². The molecule has 9 heteroatoms. The number of hydrogen-bond acceptors (Lipinski definition) is 6. The van der Waals surface area contributed by atoms with Gasteiger partial charge < -0.3 is 5.32 Å². The summed E-state index contributed by atoms with van der Waals surface area (Å²) in [5.41, 5.74) is 0.698. The molecule has 1 fully saturated rings. The fraction of sp³-hybridized carbons (Fsp3) is 0.529. The molecule has 0 spiro atoms. The molecule has 4 rings (SSSR count). The number of carbonyl (C=O) groups excluding carboxylic acids is 1. The Hall–Kier alpha value is -2.84. The number of amides is 1. The SMILES string of the molecule is O=C(CC1(Cn2cnnn2)CCCCC1)NCc1nnc2ccccn12. The van der Waals surface area contributed by atoms with E-state index < -0.39 is 0 Å². The lowest BCUT2D eigenvalue weighted by molar-refractivity contribution is -0.124. The number of fused-ring (bicyclic) bond motifs is 1. The molecule has 1 amide bonds. The van der Waals surface area contributed by atoms with E-state index in [4.69, 9.17) is 0 Å². The zero-order chi connectivity index (χ0) is 17.8. The summed E-state index contributed by atoms with van der Waals surface area (Å²) in [6.07, 6.45) is 9.55. The van der Waals surface area contributed by atoms with Crippen LogP contribution in [0.5, 0.6) is 0 Å². The van der Waals surface area contributed by atoms with Gasteiger partial charge in [-0.25, -0.2) is 4.68 Å². The first-order valence-electron chi connectivity index (χ1n) is 9.00. The maximum absolute atomic E-state index is 12.6. The predicted octanol–water partition coefficient (Wildman–Crippen LogP) is 1.37. The van der Waals surface area contributed by atoms with Crippen LogP contribution in [0.3, 0.4) is 0 Å². The average molecular weight is 354 g/mol. The second kappa shape index (κ2) is 7.19. The highest BCUT2D eigenvalue weighted by atomic mass is 16.1. The van der Waals surface area contributed by atoms with E-state index in [1.807, 2.05) is 28.8 Å². The van der Waals surface area contributed by atoms with Gasteiger partial charge in [0, 0.05) is 12.6 Å². The molecule has 0 saturated heterocycles. The van der Waals surface area contributed by atoms with Crippen LogP contribution in [-0.2, 0) is 17.9 Å². The number of rotatable bonds is 6. The van der Waals surface area contributed by atoms with Crippen LogP contribution in [0.2, 0.25) is 0 Å². The summed E-state index contributed by atoms with van der Waals surface area (Å²) < 4.78 is 3.63. The van der Waals surface area contributed by atoms with Gasteiger partial charge >= 0.3 is 0 Å². The first-order chi connectivity index (χ1) is 12.7. The zero-order valence-electron chi connectivity index (χ0n) is 14.6. The number of pyridine rings is 1. The lowest BCUT2D eigenvalue weighted by atomic mass is 9.71. The summed E-state index contributed by atoms with van der Waals surface area (Å²) in [6.45, 7) is 1.05. The minimum absolute atomic E-state index is 0.0349. The molecule has 9 nitrogen and oxygen atoms in total. The molecule has 0 aromatic carbocycles. The van der Waals surface area contributed by atoms with Crippen molar-refractivity contribution in [3.63, 3.8) is 0 Å². The predicted molar refractivity (Wildman–Crippen MR) is 92.8 cm³/mol. The third-order valence-corrected chi connectivity index (χ3v) is 5.17. The van der Waals surface area contributed by atoms with E-state index in [-0.39, 0.29) is 11.3 Å². The number of aromatic nitrogens is 7. The Kier molecular flexibility index (Phi) is 4.59. The number of hydrogen-bond donors (Lipinski definition) is 1. The molecule has 3 aromatic heterocycles. The Morgan fingerprint density at radius 2 is 2.08 bits per heavy atom. The van der Waals surface area contributed by atoms with E-state index in [0.717, 1.165) is 37.2 Å². The van der Waals surface area contributed by atoms with Crippen molar-refractivity contribution in [3.05, 3.63) is 36.5 Å². The van der Waals surface area contributed by atoms with Gasteiger partial charge in [-0.2, -0.15) is 0 Å². The molecule has 1 N–H and O–H groups in total. The monoisotopic (exact) mass is 354 g/mol. The van der Waals surface area contributed by atoms with Crippen LogP contribution >= 0.6 is 0 Å². The minimum atomic E-state index is -0.0787. The average Bonchev–Trinajstić information content (AvgIpc) is 3.30.